The molecule has 0 aliphatic heterocycles. The van der Waals surface area contributed by atoms with Crippen molar-refractivity contribution in [3.05, 3.63) is 65.7 Å². The second kappa shape index (κ2) is 8.65. The molecule has 0 atom stereocenters. The first-order chi connectivity index (χ1) is 14.6. The zero-order valence-electron chi connectivity index (χ0n) is 17.0. The van der Waals surface area contributed by atoms with Crippen molar-refractivity contribution in [1.29, 1.82) is 0 Å². The minimum absolute atomic E-state index is 0.0878. The highest BCUT2D eigenvalue weighted by molar-refractivity contribution is 5.88. The number of hydrogen-bond donors (Lipinski definition) is 2. The van der Waals surface area contributed by atoms with Crippen LogP contribution in [0.1, 0.15) is 43.5 Å². The van der Waals surface area contributed by atoms with E-state index < -0.39 is 5.41 Å². The van der Waals surface area contributed by atoms with Crippen molar-refractivity contribution in [2.24, 2.45) is 0 Å². The number of aromatic nitrogens is 3. The maximum absolute atomic E-state index is 13.9. The third-order valence-corrected chi connectivity index (χ3v) is 5.82. The van der Waals surface area contributed by atoms with Crippen molar-refractivity contribution in [2.45, 2.75) is 44.1 Å². The largest absolute Gasteiger partial charge is 0.497 e. The van der Waals surface area contributed by atoms with Gasteiger partial charge in [0.15, 0.2) is 5.82 Å². The van der Waals surface area contributed by atoms with E-state index in [1.807, 2.05) is 30.3 Å². The lowest BCUT2D eigenvalue weighted by atomic mass is 9.68. The molecule has 0 spiro atoms. The van der Waals surface area contributed by atoms with Gasteiger partial charge in [-0.1, -0.05) is 31.4 Å². The van der Waals surface area contributed by atoms with Crippen LogP contribution in [0.25, 0.3) is 11.4 Å². The molecule has 6 nitrogen and oxygen atoms in total. The summed E-state index contributed by atoms with van der Waals surface area (Å²) in [4.78, 5) is 17.7. The Hall–Kier alpha value is -3.22. The Kier molecular flexibility index (Phi) is 5.79. The molecule has 1 heterocycles. The molecule has 3 aromatic rings. The smallest absolute Gasteiger partial charge is 0.231 e. The van der Waals surface area contributed by atoms with Gasteiger partial charge in [-0.05, 0) is 54.8 Å². The molecule has 1 aromatic heterocycles. The molecule has 0 radical (unpaired) electrons. The number of ether oxygens (including phenoxy) is 1. The molecule has 1 amide bonds. The lowest BCUT2D eigenvalue weighted by Crippen LogP contribution is -2.45. The Labute approximate surface area is 174 Å². The molecule has 1 aliphatic carbocycles. The molecule has 0 bridgehead atoms. The van der Waals surface area contributed by atoms with E-state index in [0.717, 1.165) is 49.0 Å². The number of carbonyl (C=O) groups excluding carboxylic acids is 1. The Bertz CT molecular complexity index is 1010. The second-order valence-corrected chi connectivity index (χ2v) is 7.67. The molecular formula is C23H25FN4O2. The van der Waals surface area contributed by atoms with Crippen molar-refractivity contribution in [3.8, 4) is 17.1 Å². The Balaban J connectivity index is 1.48. The second-order valence-electron chi connectivity index (χ2n) is 7.67. The highest BCUT2D eigenvalue weighted by Gasteiger charge is 2.41. The standard InChI is InChI=1S/C23H25FN4O2/c1-30-19-10-8-16(9-11-19)21-26-20(27-28-21)15-25-22(29)23(12-3-2-4-13-23)17-6-5-7-18(24)14-17/h5-11,14H,2-4,12-13,15H2,1H3,(H,25,29)(H,26,27,28). The van der Waals surface area contributed by atoms with Crippen molar-refractivity contribution < 1.29 is 13.9 Å². The maximum Gasteiger partial charge on any atom is 0.231 e. The molecule has 30 heavy (non-hydrogen) atoms. The Morgan fingerprint density at radius 3 is 2.63 bits per heavy atom. The summed E-state index contributed by atoms with van der Waals surface area (Å²) in [6, 6.07) is 13.9. The number of rotatable bonds is 6. The van der Waals surface area contributed by atoms with Crippen molar-refractivity contribution in [3.63, 3.8) is 0 Å². The lowest BCUT2D eigenvalue weighted by molar-refractivity contribution is -0.128. The number of benzene rings is 2. The third kappa shape index (κ3) is 4.06. The van der Waals surface area contributed by atoms with Crippen molar-refractivity contribution in [1.82, 2.24) is 20.5 Å². The molecule has 1 fully saturated rings. The highest BCUT2D eigenvalue weighted by Crippen LogP contribution is 2.40. The van der Waals surface area contributed by atoms with Gasteiger partial charge in [0, 0.05) is 5.56 Å². The zero-order chi connectivity index (χ0) is 21.0. The van der Waals surface area contributed by atoms with Crippen molar-refractivity contribution >= 4 is 5.91 Å². The minimum atomic E-state index is -0.695. The number of carbonyl (C=O) groups is 1. The van der Waals surface area contributed by atoms with E-state index in [0.29, 0.717) is 11.6 Å². The van der Waals surface area contributed by atoms with E-state index in [9.17, 15) is 9.18 Å². The van der Waals surface area contributed by atoms with Gasteiger partial charge in [0.2, 0.25) is 5.91 Å². The van der Waals surface area contributed by atoms with E-state index in [4.69, 9.17) is 4.74 Å². The molecule has 7 heteroatoms. The van der Waals surface area contributed by atoms with Gasteiger partial charge in [-0.3, -0.25) is 9.89 Å². The third-order valence-electron chi connectivity index (χ3n) is 5.82. The molecule has 4 rings (SSSR count). The van der Waals surface area contributed by atoms with Gasteiger partial charge in [0.1, 0.15) is 17.4 Å². The van der Waals surface area contributed by atoms with Crippen LogP contribution in [-0.2, 0) is 16.8 Å². The first-order valence-electron chi connectivity index (χ1n) is 10.2. The number of aromatic amines is 1. The van der Waals surface area contributed by atoms with Crippen LogP contribution in [0.4, 0.5) is 4.39 Å². The number of halogens is 1. The zero-order valence-corrected chi connectivity index (χ0v) is 17.0. The topological polar surface area (TPSA) is 79.9 Å². The van der Waals surface area contributed by atoms with E-state index in [-0.39, 0.29) is 18.3 Å². The van der Waals surface area contributed by atoms with E-state index in [1.54, 1.807) is 13.2 Å². The molecular weight excluding hydrogens is 383 g/mol. The van der Waals surface area contributed by atoms with Gasteiger partial charge in [0.05, 0.1) is 19.1 Å². The maximum atomic E-state index is 13.9. The van der Waals surface area contributed by atoms with E-state index in [1.165, 1.54) is 12.1 Å². The predicted octanol–water partition coefficient (Wildman–Crippen LogP) is 4.14. The summed E-state index contributed by atoms with van der Waals surface area (Å²) in [5.41, 5.74) is 0.906. The number of hydrogen-bond acceptors (Lipinski definition) is 4. The first kappa shape index (κ1) is 20.1. The number of amides is 1. The molecule has 2 aromatic carbocycles. The van der Waals surface area contributed by atoms with Crippen LogP contribution in [0.3, 0.4) is 0 Å². The van der Waals surface area contributed by atoms with Crippen LogP contribution >= 0.6 is 0 Å². The van der Waals surface area contributed by atoms with Crippen LogP contribution < -0.4 is 10.1 Å². The number of nitrogens with zero attached hydrogens (tertiary/aromatic N) is 2. The van der Waals surface area contributed by atoms with Gasteiger partial charge in [-0.25, -0.2) is 9.37 Å². The van der Waals surface area contributed by atoms with Gasteiger partial charge in [-0.2, -0.15) is 5.10 Å². The van der Waals surface area contributed by atoms with Crippen LogP contribution in [-0.4, -0.2) is 28.2 Å². The summed E-state index contributed by atoms with van der Waals surface area (Å²) in [5, 5.41) is 10.1. The summed E-state index contributed by atoms with van der Waals surface area (Å²) in [6.45, 7) is 0.235. The lowest BCUT2D eigenvalue weighted by Gasteiger charge is -2.36. The van der Waals surface area contributed by atoms with Gasteiger partial charge in [-0.15, -0.1) is 0 Å². The normalized spacial score (nSPS) is 15.5. The average Bonchev–Trinajstić information content (AvgIpc) is 3.27. The van der Waals surface area contributed by atoms with Gasteiger partial charge >= 0.3 is 0 Å². The Morgan fingerprint density at radius 1 is 1.17 bits per heavy atom. The summed E-state index contributed by atoms with van der Waals surface area (Å²) >= 11 is 0. The summed E-state index contributed by atoms with van der Waals surface area (Å²) in [5.74, 6) is 1.48. The van der Waals surface area contributed by atoms with Crippen LogP contribution in [0.15, 0.2) is 48.5 Å². The van der Waals surface area contributed by atoms with E-state index in [2.05, 4.69) is 20.5 Å². The van der Waals surface area contributed by atoms with Crippen LogP contribution in [0.5, 0.6) is 5.75 Å². The SMILES string of the molecule is COc1ccc(-c2n[nH]c(CNC(=O)C3(c4cccc(F)c4)CCCCC3)n2)cc1. The van der Waals surface area contributed by atoms with Gasteiger partial charge in [0.25, 0.3) is 0 Å². The number of H-pyrrole nitrogens is 1. The molecule has 1 aliphatic rings. The van der Waals surface area contributed by atoms with Gasteiger partial charge < -0.3 is 10.1 Å². The number of methoxy groups -OCH3 is 1. The van der Waals surface area contributed by atoms with Crippen molar-refractivity contribution in [2.75, 3.05) is 7.11 Å². The highest BCUT2D eigenvalue weighted by atomic mass is 19.1. The molecule has 2 N–H and O–H groups in total. The molecule has 1 saturated carbocycles. The fourth-order valence-corrected chi connectivity index (χ4v) is 4.17. The number of nitrogens with one attached hydrogen (secondary N) is 2. The summed E-state index contributed by atoms with van der Waals surface area (Å²) < 4.78 is 19.0. The average molecular weight is 408 g/mol. The minimum Gasteiger partial charge on any atom is -0.497 e. The fraction of sp³-hybridized carbons (Fsp3) is 0.348. The molecule has 0 unspecified atom stereocenters. The molecule has 156 valence electrons. The van der Waals surface area contributed by atoms with Crippen LogP contribution in [0, 0.1) is 5.82 Å². The fourth-order valence-electron chi connectivity index (χ4n) is 4.17. The predicted molar refractivity (Wildman–Crippen MR) is 111 cm³/mol. The Morgan fingerprint density at radius 2 is 1.93 bits per heavy atom. The monoisotopic (exact) mass is 408 g/mol. The van der Waals surface area contributed by atoms with E-state index >= 15 is 0 Å². The summed E-state index contributed by atoms with van der Waals surface area (Å²) in [6.07, 6.45) is 4.44. The first-order valence-corrected chi connectivity index (χ1v) is 10.2. The quantitative estimate of drug-likeness (QED) is 0.643. The molecule has 0 saturated heterocycles. The summed E-state index contributed by atoms with van der Waals surface area (Å²) in [7, 11) is 1.62. The van der Waals surface area contributed by atoms with Crippen LogP contribution in [0.2, 0.25) is 0 Å².